The average Bonchev–Trinajstić information content (AvgIpc) is 2.32. The molecule has 1 aliphatic rings. The highest BCUT2D eigenvalue weighted by atomic mass is 19.1. The fraction of sp³-hybridized carbons (Fsp3) is 0.250. The van der Waals surface area contributed by atoms with Crippen molar-refractivity contribution in [1.82, 2.24) is 9.97 Å². The minimum atomic E-state index is -1.12. The van der Waals surface area contributed by atoms with Crippen molar-refractivity contribution in [3.05, 3.63) is 46.2 Å². The quantitative estimate of drug-likeness (QED) is 0.797. The summed E-state index contributed by atoms with van der Waals surface area (Å²) in [5.74, 6) is -0.415. The van der Waals surface area contributed by atoms with Gasteiger partial charge in [-0.25, -0.2) is 9.37 Å². The summed E-state index contributed by atoms with van der Waals surface area (Å²) < 4.78 is 13.5. The van der Waals surface area contributed by atoms with E-state index in [-0.39, 0.29) is 11.3 Å². The van der Waals surface area contributed by atoms with Crippen LogP contribution < -0.4 is 5.56 Å². The molecule has 0 saturated carbocycles. The third-order valence-corrected chi connectivity index (χ3v) is 2.78. The van der Waals surface area contributed by atoms with Gasteiger partial charge in [-0.3, -0.25) is 4.79 Å². The molecule has 2 atom stereocenters. The Bertz CT molecular complexity index is 595. The van der Waals surface area contributed by atoms with Gasteiger partial charge in [-0.2, -0.15) is 5.26 Å². The Morgan fingerprint density at radius 2 is 2.35 bits per heavy atom. The van der Waals surface area contributed by atoms with Crippen LogP contribution in [-0.4, -0.2) is 16.1 Å². The summed E-state index contributed by atoms with van der Waals surface area (Å²) in [7, 11) is 0. The van der Waals surface area contributed by atoms with Crippen LogP contribution in [0.1, 0.15) is 18.2 Å². The summed E-state index contributed by atoms with van der Waals surface area (Å²) >= 11 is 0. The van der Waals surface area contributed by atoms with Gasteiger partial charge in [0.1, 0.15) is 17.8 Å². The van der Waals surface area contributed by atoms with E-state index in [1.54, 1.807) is 25.1 Å². The molecule has 1 aromatic rings. The monoisotopic (exact) mass is 231 g/mol. The Hall–Kier alpha value is -2.22. The van der Waals surface area contributed by atoms with E-state index in [1.165, 1.54) is 12.4 Å². The van der Waals surface area contributed by atoms with Crippen LogP contribution in [0.5, 0.6) is 0 Å². The molecule has 0 fully saturated rings. The van der Waals surface area contributed by atoms with Crippen molar-refractivity contribution >= 4 is 5.57 Å². The Kier molecular flexibility index (Phi) is 2.88. The maximum Gasteiger partial charge on any atom is 0.269 e. The second-order valence-corrected chi connectivity index (χ2v) is 3.81. The molecule has 1 aromatic heterocycles. The van der Waals surface area contributed by atoms with Crippen molar-refractivity contribution in [2.75, 3.05) is 0 Å². The van der Waals surface area contributed by atoms with Crippen LogP contribution in [-0.2, 0) is 0 Å². The van der Waals surface area contributed by atoms with Gasteiger partial charge in [-0.1, -0.05) is 25.2 Å². The maximum atomic E-state index is 13.5. The van der Waals surface area contributed by atoms with Gasteiger partial charge in [-0.15, -0.1) is 0 Å². The van der Waals surface area contributed by atoms with Crippen LogP contribution >= 0.6 is 0 Å². The fourth-order valence-corrected chi connectivity index (χ4v) is 1.77. The minimum absolute atomic E-state index is 0.0758. The lowest BCUT2D eigenvalue weighted by Gasteiger charge is -2.20. The molecule has 0 saturated heterocycles. The highest BCUT2D eigenvalue weighted by Gasteiger charge is 2.25. The first-order valence-corrected chi connectivity index (χ1v) is 5.15. The first kappa shape index (κ1) is 11.3. The number of nitriles is 1. The highest BCUT2D eigenvalue weighted by Crippen LogP contribution is 2.30. The summed E-state index contributed by atoms with van der Waals surface area (Å²) in [6.45, 7) is 1.70. The minimum Gasteiger partial charge on any atom is -0.312 e. The lowest BCUT2D eigenvalue weighted by atomic mass is 9.88. The number of nitrogens with zero attached hydrogens (tertiary/aromatic N) is 2. The summed E-state index contributed by atoms with van der Waals surface area (Å²) in [5.41, 5.74) is 0.252. The van der Waals surface area contributed by atoms with Crippen LogP contribution in [0.25, 0.3) is 5.57 Å². The largest absolute Gasteiger partial charge is 0.312 e. The zero-order valence-corrected chi connectivity index (χ0v) is 9.14. The first-order valence-electron chi connectivity index (χ1n) is 5.15. The number of hydrogen-bond donors (Lipinski definition) is 1. The topological polar surface area (TPSA) is 69.5 Å². The maximum absolute atomic E-state index is 13.5. The lowest BCUT2D eigenvalue weighted by Crippen LogP contribution is -2.20. The third-order valence-electron chi connectivity index (χ3n) is 2.78. The van der Waals surface area contributed by atoms with E-state index >= 15 is 0 Å². The van der Waals surface area contributed by atoms with Gasteiger partial charge in [0.05, 0.1) is 12.0 Å². The van der Waals surface area contributed by atoms with E-state index < -0.39 is 17.6 Å². The molecular formula is C12H10FN3O. The summed E-state index contributed by atoms with van der Waals surface area (Å²) in [4.78, 5) is 17.7. The van der Waals surface area contributed by atoms with Crippen LogP contribution in [0.2, 0.25) is 0 Å². The molecule has 1 heterocycles. The van der Waals surface area contributed by atoms with Crippen LogP contribution in [0.15, 0.2) is 29.3 Å². The van der Waals surface area contributed by atoms with Crippen molar-refractivity contribution in [2.24, 2.45) is 5.92 Å². The van der Waals surface area contributed by atoms with Crippen molar-refractivity contribution in [3.63, 3.8) is 0 Å². The van der Waals surface area contributed by atoms with E-state index in [1.807, 2.05) is 0 Å². The predicted molar refractivity (Wildman–Crippen MR) is 60.7 cm³/mol. The van der Waals surface area contributed by atoms with E-state index in [0.717, 1.165) is 0 Å². The Morgan fingerprint density at radius 3 is 3.06 bits per heavy atom. The number of H-pyrrole nitrogens is 1. The molecule has 1 aliphatic carbocycles. The van der Waals surface area contributed by atoms with Gasteiger partial charge in [0.25, 0.3) is 5.56 Å². The molecule has 2 unspecified atom stereocenters. The summed E-state index contributed by atoms with van der Waals surface area (Å²) in [6, 6.07) is 1.80. The van der Waals surface area contributed by atoms with Crippen molar-refractivity contribution in [1.29, 1.82) is 5.26 Å². The first-order chi connectivity index (χ1) is 8.15. The summed E-state index contributed by atoms with van der Waals surface area (Å²) in [5, 5.41) is 8.93. The van der Waals surface area contributed by atoms with Crippen LogP contribution in [0, 0.1) is 17.2 Å². The van der Waals surface area contributed by atoms with Crippen molar-refractivity contribution in [3.8, 4) is 6.07 Å². The number of hydrogen-bond acceptors (Lipinski definition) is 3. The average molecular weight is 231 g/mol. The standard InChI is InChI=1S/C12H10FN3O/c1-7-8(3-2-4-10(7)13)11-9(5-14)12(17)16-6-15-11/h2-4,6-7,10H,1H3,(H,15,16,17). The van der Waals surface area contributed by atoms with Gasteiger partial charge in [0, 0.05) is 5.92 Å². The molecule has 86 valence electrons. The molecular weight excluding hydrogens is 221 g/mol. The zero-order valence-electron chi connectivity index (χ0n) is 9.14. The van der Waals surface area contributed by atoms with Gasteiger partial charge in [0.15, 0.2) is 0 Å². The second kappa shape index (κ2) is 4.34. The van der Waals surface area contributed by atoms with Gasteiger partial charge < -0.3 is 4.98 Å². The third kappa shape index (κ3) is 1.89. The van der Waals surface area contributed by atoms with Crippen molar-refractivity contribution < 1.29 is 4.39 Å². The SMILES string of the molecule is CC1C(c2nc[nH]c(=O)c2C#N)=CC=CC1F. The summed E-state index contributed by atoms with van der Waals surface area (Å²) in [6.07, 6.45) is 4.79. The lowest BCUT2D eigenvalue weighted by molar-refractivity contribution is 0.340. The zero-order chi connectivity index (χ0) is 12.4. The molecule has 4 nitrogen and oxygen atoms in total. The molecule has 0 radical (unpaired) electrons. The molecule has 0 aromatic carbocycles. The van der Waals surface area contributed by atoms with Gasteiger partial charge in [-0.05, 0) is 5.57 Å². The molecule has 5 heteroatoms. The molecule has 0 amide bonds. The Balaban J connectivity index is 2.60. The van der Waals surface area contributed by atoms with E-state index in [4.69, 9.17) is 5.26 Å². The predicted octanol–water partition coefficient (Wildman–Crippen LogP) is 1.57. The Morgan fingerprint density at radius 1 is 1.59 bits per heavy atom. The van der Waals surface area contributed by atoms with E-state index in [9.17, 15) is 9.18 Å². The molecule has 0 spiro atoms. The molecule has 0 bridgehead atoms. The Labute approximate surface area is 97.1 Å². The number of nitrogens with one attached hydrogen (secondary N) is 1. The van der Waals surface area contributed by atoms with E-state index in [2.05, 4.69) is 9.97 Å². The highest BCUT2D eigenvalue weighted by molar-refractivity contribution is 5.71. The molecule has 17 heavy (non-hydrogen) atoms. The van der Waals surface area contributed by atoms with Gasteiger partial charge >= 0.3 is 0 Å². The molecule has 1 N–H and O–H groups in total. The van der Waals surface area contributed by atoms with Crippen LogP contribution in [0.4, 0.5) is 4.39 Å². The molecule has 0 aliphatic heterocycles. The normalized spacial score (nSPS) is 23.0. The van der Waals surface area contributed by atoms with Crippen LogP contribution in [0.3, 0.4) is 0 Å². The molecule has 2 rings (SSSR count). The number of aromatic nitrogens is 2. The fourth-order valence-electron chi connectivity index (χ4n) is 1.77. The number of aromatic amines is 1. The van der Waals surface area contributed by atoms with Crippen molar-refractivity contribution in [2.45, 2.75) is 13.1 Å². The number of alkyl halides is 1. The number of halogens is 1. The van der Waals surface area contributed by atoms with E-state index in [0.29, 0.717) is 5.57 Å². The number of allylic oxidation sites excluding steroid dienone is 4. The van der Waals surface area contributed by atoms with Gasteiger partial charge in [0.2, 0.25) is 0 Å². The second-order valence-electron chi connectivity index (χ2n) is 3.81. The number of rotatable bonds is 1. The smallest absolute Gasteiger partial charge is 0.269 e.